The lowest BCUT2D eigenvalue weighted by Gasteiger charge is -2.17. The van der Waals surface area contributed by atoms with Gasteiger partial charge in [0.05, 0.1) is 10.5 Å². The molecule has 0 unspecified atom stereocenters. The maximum atomic E-state index is 11.3. The zero-order valence-corrected chi connectivity index (χ0v) is 12.4. The van der Waals surface area contributed by atoms with Crippen LogP contribution in [0.1, 0.15) is 37.2 Å². The van der Waals surface area contributed by atoms with E-state index in [2.05, 4.69) is 0 Å². The Morgan fingerprint density at radius 2 is 1.55 bits per heavy atom. The molecule has 0 amide bonds. The van der Waals surface area contributed by atoms with Crippen LogP contribution >= 0.6 is 0 Å². The van der Waals surface area contributed by atoms with E-state index in [-0.39, 0.29) is 16.7 Å². The third-order valence-corrected chi connectivity index (χ3v) is 3.66. The quantitative estimate of drug-likeness (QED) is 0.630. The minimum Gasteiger partial charge on any atom is -0.339 e. The molecule has 0 N–H and O–H groups in total. The highest BCUT2D eigenvalue weighted by Gasteiger charge is 2.44. The Balaban J connectivity index is 2.06. The topological polar surface area (TPSA) is 61.6 Å². The first-order valence-corrected chi connectivity index (χ1v) is 7.12. The van der Waals surface area contributed by atoms with E-state index >= 15 is 0 Å². The highest BCUT2D eigenvalue weighted by Crippen LogP contribution is 2.48. The Labute approximate surface area is 128 Å². The van der Waals surface area contributed by atoms with Crippen molar-refractivity contribution < 1.29 is 14.4 Å². The zero-order valence-electron chi connectivity index (χ0n) is 12.4. The van der Waals surface area contributed by atoms with Gasteiger partial charge in [-0.25, -0.2) is 0 Å². The van der Waals surface area contributed by atoms with Gasteiger partial charge in [-0.1, -0.05) is 42.5 Å². The van der Waals surface area contributed by atoms with Gasteiger partial charge in [-0.05, 0) is 25.5 Å². The molecule has 1 heterocycles. The second kappa shape index (κ2) is 5.51. The SMILES string of the molecule is CC1(C)O[C@@H](c2ccccc2)[C@H](c2ccccc2[N+](=O)[O-])O1. The van der Waals surface area contributed by atoms with Crippen LogP contribution < -0.4 is 0 Å². The molecule has 3 rings (SSSR count). The van der Waals surface area contributed by atoms with Gasteiger partial charge in [0.1, 0.15) is 12.2 Å². The molecule has 0 bridgehead atoms. The molecule has 1 aliphatic rings. The van der Waals surface area contributed by atoms with Crippen LogP contribution in [0.15, 0.2) is 54.6 Å². The first kappa shape index (κ1) is 14.7. The summed E-state index contributed by atoms with van der Waals surface area (Å²) in [6, 6.07) is 16.3. The van der Waals surface area contributed by atoms with Crippen LogP contribution in [-0.2, 0) is 9.47 Å². The molecule has 0 aliphatic carbocycles. The van der Waals surface area contributed by atoms with Crippen LogP contribution in [0.25, 0.3) is 0 Å². The summed E-state index contributed by atoms with van der Waals surface area (Å²) >= 11 is 0. The van der Waals surface area contributed by atoms with Gasteiger partial charge in [-0.15, -0.1) is 0 Å². The Morgan fingerprint density at radius 3 is 2.23 bits per heavy atom. The van der Waals surface area contributed by atoms with Crippen LogP contribution in [0.3, 0.4) is 0 Å². The predicted molar refractivity (Wildman–Crippen MR) is 81.3 cm³/mol. The first-order valence-electron chi connectivity index (χ1n) is 7.12. The standard InChI is InChI=1S/C17H17NO4/c1-17(2)21-15(12-8-4-3-5-9-12)16(22-17)13-10-6-7-11-14(13)18(19)20/h3-11,15-16H,1-2H3/t15-,16-/m0/s1. The van der Waals surface area contributed by atoms with Crippen LogP contribution in [0.5, 0.6) is 0 Å². The summed E-state index contributed by atoms with van der Waals surface area (Å²) in [4.78, 5) is 10.9. The zero-order chi connectivity index (χ0) is 15.7. The van der Waals surface area contributed by atoms with Crippen molar-refractivity contribution in [3.05, 3.63) is 75.8 Å². The number of hydrogen-bond donors (Lipinski definition) is 0. The van der Waals surface area contributed by atoms with Crippen molar-refractivity contribution in [2.45, 2.75) is 31.8 Å². The second-order valence-electron chi connectivity index (χ2n) is 5.70. The van der Waals surface area contributed by atoms with E-state index in [0.717, 1.165) is 5.56 Å². The number of rotatable bonds is 3. The van der Waals surface area contributed by atoms with Crippen LogP contribution in [0, 0.1) is 10.1 Å². The molecular weight excluding hydrogens is 282 g/mol. The minimum absolute atomic E-state index is 0.0507. The maximum absolute atomic E-state index is 11.3. The van der Waals surface area contributed by atoms with Gasteiger partial charge in [0.15, 0.2) is 5.79 Å². The third-order valence-electron chi connectivity index (χ3n) is 3.66. The van der Waals surface area contributed by atoms with E-state index < -0.39 is 11.9 Å². The molecule has 1 saturated heterocycles. The third kappa shape index (κ3) is 2.73. The van der Waals surface area contributed by atoms with Crippen LogP contribution in [0.2, 0.25) is 0 Å². The monoisotopic (exact) mass is 299 g/mol. The molecule has 5 nitrogen and oxygen atoms in total. The van der Waals surface area contributed by atoms with Gasteiger partial charge in [0.2, 0.25) is 0 Å². The molecular formula is C17H17NO4. The number of ether oxygens (including phenoxy) is 2. The second-order valence-corrected chi connectivity index (χ2v) is 5.70. The predicted octanol–water partition coefficient (Wildman–Crippen LogP) is 4.16. The Morgan fingerprint density at radius 1 is 0.955 bits per heavy atom. The van der Waals surface area contributed by atoms with Gasteiger partial charge in [0, 0.05) is 6.07 Å². The summed E-state index contributed by atoms with van der Waals surface area (Å²) in [5.41, 5.74) is 1.53. The van der Waals surface area contributed by atoms with Crippen molar-refractivity contribution in [3.63, 3.8) is 0 Å². The van der Waals surface area contributed by atoms with E-state index in [9.17, 15) is 10.1 Å². The summed E-state index contributed by atoms with van der Waals surface area (Å²) in [5.74, 6) is -0.797. The average molecular weight is 299 g/mol. The summed E-state index contributed by atoms with van der Waals surface area (Å²) in [7, 11) is 0. The molecule has 1 aliphatic heterocycles. The smallest absolute Gasteiger partial charge is 0.275 e. The number of nitro benzene ring substituents is 1. The van der Waals surface area contributed by atoms with E-state index in [4.69, 9.17) is 9.47 Å². The van der Waals surface area contributed by atoms with Gasteiger partial charge in [0.25, 0.3) is 5.69 Å². The van der Waals surface area contributed by atoms with E-state index in [1.165, 1.54) is 6.07 Å². The summed E-state index contributed by atoms with van der Waals surface area (Å²) in [6.45, 7) is 3.63. The largest absolute Gasteiger partial charge is 0.339 e. The summed E-state index contributed by atoms with van der Waals surface area (Å²) < 4.78 is 12.0. The number of hydrogen-bond acceptors (Lipinski definition) is 4. The lowest BCUT2D eigenvalue weighted by molar-refractivity contribution is -0.386. The fourth-order valence-electron chi connectivity index (χ4n) is 2.77. The van der Waals surface area contributed by atoms with Crippen molar-refractivity contribution in [1.29, 1.82) is 0 Å². The van der Waals surface area contributed by atoms with Gasteiger partial charge in [-0.2, -0.15) is 0 Å². The minimum atomic E-state index is -0.797. The molecule has 2 aromatic rings. The normalized spacial score (nSPS) is 23.4. The maximum Gasteiger partial charge on any atom is 0.275 e. The number of para-hydroxylation sites is 1. The molecule has 0 saturated carbocycles. The van der Waals surface area contributed by atoms with Crippen LogP contribution in [0.4, 0.5) is 5.69 Å². The van der Waals surface area contributed by atoms with Crippen LogP contribution in [-0.4, -0.2) is 10.7 Å². The molecule has 114 valence electrons. The highest BCUT2D eigenvalue weighted by atomic mass is 16.8. The molecule has 2 aromatic carbocycles. The van der Waals surface area contributed by atoms with Gasteiger partial charge >= 0.3 is 0 Å². The molecule has 1 fully saturated rings. The number of nitrogens with zero attached hydrogens (tertiary/aromatic N) is 1. The molecule has 0 spiro atoms. The fourth-order valence-corrected chi connectivity index (χ4v) is 2.77. The first-order chi connectivity index (χ1) is 10.5. The Hall–Kier alpha value is -2.24. The molecule has 0 radical (unpaired) electrons. The van der Waals surface area contributed by atoms with E-state index in [1.807, 2.05) is 44.2 Å². The van der Waals surface area contributed by atoms with E-state index in [1.54, 1.807) is 18.2 Å². The lowest BCUT2D eigenvalue weighted by Crippen LogP contribution is -2.20. The fraction of sp³-hybridized carbons (Fsp3) is 0.294. The molecule has 0 aromatic heterocycles. The van der Waals surface area contributed by atoms with Crippen molar-refractivity contribution in [3.8, 4) is 0 Å². The van der Waals surface area contributed by atoms with Crippen molar-refractivity contribution >= 4 is 5.69 Å². The van der Waals surface area contributed by atoms with Gasteiger partial charge < -0.3 is 9.47 Å². The molecule has 5 heteroatoms. The molecule has 22 heavy (non-hydrogen) atoms. The average Bonchev–Trinajstić information content (AvgIpc) is 2.84. The summed E-state index contributed by atoms with van der Waals surface area (Å²) in [5, 5.41) is 11.3. The highest BCUT2D eigenvalue weighted by molar-refractivity contribution is 5.43. The Bertz CT molecular complexity index is 684. The van der Waals surface area contributed by atoms with Crippen molar-refractivity contribution in [1.82, 2.24) is 0 Å². The lowest BCUT2D eigenvalue weighted by atomic mass is 9.97. The van der Waals surface area contributed by atoms with Crippen molar-refractivity contribution in [2.75, 3.05) is 0 Å². The van der Waals surface area contributed by atoms with E-state index in [0.29, 0.717) is 5.56 Å². The van der Waals surface area contributed by atoms with Gasteiger partial charge in [-0.3, -0.25) is 10.1 Å². The molecule has 2 atom stereocenters. The summed E-state index contributed by atoms with van der Waals surface area (Å²) in [6.07, 6.45) is -0.892. The Kier molecular flexibility index (Phi) is 3.68. The van der Waals surface area contributed by atoms with Crippen molar-refractivity contribution in [2.24, 2.45) is 0 Å². The number of benzene rings is 2. The number of nitro groups is 1.